The van der Waals surface area contributed by atoms with E-state index in [9.17, 15) is 0 Å². The van der Waals surface area contributed by atoms with Crippen LogP contribution in [-0.4, -0.2) is 18.0 Å². The lowest BCUT2D eigenvalue weighted by molar-refractivity contribution is 0.272. The second-order valence-corrected chi connectivity index (χ2v) is 5.48. The van der Waals surface area contributed by atoms with Gasteiger partial charge in [-0.2, -0.15) is 0 Å². The zero-order valence-corrected chi connectivity index (χ0v) is 10.6. The van der Waals surface area contributed by atoms with Crippen LogP contribution in [0.4, 0.5) is 5.69 Å². The molecular formula is C12H14BrN3. The van der Waals surface area contributed by atoms with Crippen molar-refractivity contribution in [2.24, 2.45) is 10.7 Å². The number of hydrogen-bond acceptors (Lipinski definition) is 3. The molecule has 1 aromatic rings. The van der Waals surface area contributed by atoms with Crippen molar-refractivity contribution >= 4 is 27.6 Å². The molecule has 1 spiro atoms. The van der Waals surface area contributed by atoms with Crippen LogP contribution in [0.25, 0.3) is 0 Å². The van der Waals surface area contributed by atoms with Gasteiger partial charge in [-0.25, -0.2) is 0 Å². The van der Waals surface area contributed by atoms with Crippen LogP contribution in [0.2, 0.25) is 0 Å². The molecule has 0 amide bonds. The lowest BCUT2D eigenvalue weighted by Crippen LogP contribution is -2.56. The molecular weight excluding hydrogens is 266 g/mol. The molecule has 1 aromatic carbocycles. The second kappa shape index (κ2) is 3.48. The number of nitrogens with zero attached hydrogens (tertiary/aromatic N) is 2. The first-order chi connectivity index (χ1) is 7.71. The molecule has 84 valence electrons. The van der Waals surface area contributed by atoms with Gasteiger partial charge in [-0.15, -0.1) is 0 Å². The van der Waals surface area contributed by atoms with Crippen molar-refractivity contribution in [3.05, 3.63) is 28.7 Å². The first-order valence-corrected chi connectivity index (χ1v) is 6.36. The highest BCUT2D eigenvalue weighted by molar-refractivity contribution is 9.10. The highest BCUT2D eigenvalue weighted by Crippen LogP contribution is 2.43. The van der Waals surface area contributed by atoms with E-state index in [2.05, 4.69) is 38.0 Å². The fourth-order valence-electron chi connectivity index (χ4n) is 2.58. The minimum absolute atomic E-state index is 0.192. The fraction of sp³-hybridized carbons (Fsp3) is 0.417. The summed E-state index contributed by atoms with van der Waals surface area (Å²) in [7, 11) is 0. The van der Waals surface area contributed by atoms with E-state index < -0.39 is 0 Å². The van der Waals surface area contributed by atoms with E-state index in [1.807, 2.05) is 12.1 Å². The number of aliphatic imine (C=N–C) groups is 1. The molecule has 16 heavy (non-hydrogen) atoms. The zero-order chi connectivity index (χ0) is 11.2. The number of anilines is 1. The second-order valence-electron chi connectivity index (χ2n) is 4.56. The highest BCUT2D eigenvalue weighted by Gasteiger charge is 2.47. The Hall–Kier alpha value is -1.03. The molecule has 0 unspecified atom stereocenters. The molecule has 2 aliphatic rings. The van der Waals surface area contributed by atoms with Crippen molar-refractivity contribution in [1.29, 1.82) is 0 Å². The molecule has 0 atom stereocenters. The van der Waals surface area contributed by atoms with Crippen LogP contribution in [0.3, 0.4) is 0 Å². The summed E-state index contributed by atoms with van der Waals surface area (Å²) in [5, 5.41) is 0. The molecule has 3 rings (SSSR count). The lowest BCUT2D eigenvalue weighted by Gasteiger charge is -2.46. The van der Waals surface area contributed by atoms with Gasteiger partial charge in [-0.1, -0.05) is 15.9 Å². The van der Waals surface area contributed by atoms with Gasteiger partial charge in [0.05, 0.1) is 12.1 Å². The first-order valence-electron chi connectivity index (χ1n) is 5.57. The Morgan fingerprint density at radius 2 is 1.94 bits per heavy atom. The Morgan fingerprint density at radius 1 is 1.25 bits per heavy atom. The normalized spacial score (nSPS) is 22.1. The van der Waals surface area contributed by atoms with Crippen molar-refractivity contribution in [1.82, 2.24) is 0 Å². The number of hydrogen-bond donors (Lipinski definition) is 1. The maximum atomic E-state index is 6.00. The van der Waals surface area contributed by atoms with Gasteiger partial charge in [-0.05, 0) is 43.5 Å². The molecule has 0 aromatic heterocycles. The monoisotopic (exact) mass is 279 g/mol. The SMILES string of the molecule is NC1=NCC2(CCC2)N1c1ccc(Br)cc1. The smallest absolute Gasteiger partial charge is 0.196 e. The van der Waals surface area contributed by atoms with Gasteiger partial charge in [0.25, 0.3) is 0 Å². The summed E-state index contributed by atoms with van der Waals surface area (Å²) in [6.45, 7) is 0.856. The fourth-order valence-corrected chi connectivity index (χ4v) is 2.84. The third-order valence-electron chi connectivity index (χ3n) is 3.61. The van der Waals surface area contributed by atoms with Crippen LogP contribution in [0.15, 0.2) is 33.7 Å². The van der Waals surface area contributed by atoms with Crippen molar-refractivity contribution in [2.45, 2.75) is 24.8 Å². The standard InChI is InChI=1S/C12H14BrN3/c13-9-2-4-10(5-3-9)16-11(14)15-8-12(16)6-1-7-12/h2-5H,1,6-8H2,(H2,14,15). The Balaban J connectivity index is 1.97. The van der Waals surface area contributed by atoms with Gasteiger partial charge >= 0.3 is 0 Å². The number of nitrogens with two attached hydrogens (primary N) is 1. The molecule has 0 saturated heterocycles. The quantitative estimate of drug-likeness (QED) is 0.858. The number of rotatable bonds is 1. The average molecular weight is 280 g/mol. The van der Waals surface area contributed by atoms with E-state index in [1.165, 1.54) is 19.3 Å². The van der Waals surface area contributed by atoms with E-state index in [4.69, 9.17) is 5.73 Å². The molecule has 0 radical (unpaired) electrons. The van der Waals surface area contributed by atoms with E-state index in [0.29, 0.717) is 5.96 Å². The van der Waals surface area contributed by atoms with Gasteiger partial charge in [-0.3, -0.25) is 4.99 Å². The van der Waals surface area contributed by atoms with Gasteiger partial charge in [0, 0.05) is 10.2 Å². The van der Waals surface area contributed by atoms with Gasteiger partial charge in [0.2, 0.25) is 0 Å². The van der Waals surface area contributed by atoms with Gasteiger partial charge in [0.1, 0.15) is 0 Å². The Labute approximate surface area is 103 Å². The topological polar surface area (TPSA) is 41.6 Å². The Bertz CT molecular complexity index is 434. The van der Waals surface area contributed by atoms with Crippen LogP contribution in [0, 0.1) is 0 Å². The van der Waals surface area contributed by atoms with Crippen molar-refractivity contribution < 1.29 is 0 Å². The average Bonchev–Trinajstić information content (AvgIpc) is 2.57. The number of benzene rings is 1. The van der Waals surface area contributed by atoms with Crippen molar-refractivity contribution in [2.75, 3.05) is 11.4 Å². The molecule has 1 saturated carbocycles. The highest BCUT2D eigenvalue weighted by atomic mass is 79.9. The summed E-state index contributed by atoms with van der Waals surface area (Å²) < 4.78 is 1.09. The molecule has 1 heterocycles. The maximum absolute atomic E-state index is 6.00. The Kier molecular flexibility index (Phi) is 2.21. The van der Waals surface area contributed by atoms with Crippen LogP contribution in [-0.2, 0) is 0 Å². The molecule has 0 bridgehead atoms. The third kappa shape index (κ3) is 1.36. The van der Waals surface area contributed by atoms with Crippen LogP contribution in [0.5, 0.6) is 0 Å². The zero-order valence-electron chi connectivity index (χ0n) is 8.99. The summed E-state index contributed by atoms with van der Waals surface area (Å²) in [5.41, 5.74) is 7.35. The summed E-state index contributed by atoms with van der Waals surface area (Å²) in [6, 6.07) is 8.29. The summed E-state index contributed by atoms with van der Waals surface area (Å²) in [5.74, 6) is 0.669. The largest absolute Gasteiger partial charge is 0.369 e. The predicted octanol–water partition coefficient (Wildman–Crippen LogP) is 2.51. The van der Waals surface area contributed by atoms with Gasteiger partial charge in [0.15, 0.2) is 5.96 Å². The Morgan fingerprint density at radius 3 is 2.50 bits per heavy atom. The van der Waals surface area contributed by atoms with Crippen molar-refractivity contribution in [3.8, 4) is 0 Å². The maximum Gasteiger partial charge on any atom is 0.196 e. The van der Waals surface area contributed by atoms with E-state index >= 15 is 0 Å². The van der Waals surface area contributed by atoms with E-state index in [0.717, 1.165) is 16.7 Å². The summed E-state index contributed by atoms with van der Waals surface area (Å²) in [4.78, 5) is 6.61. The third-order valence-corrected chi connectivity index (χ3v) is 4.14. The van der Waals surface area contributed by atoms with Crippen LogP contribution >= 0.6 is 15.9 Å². The van der Waals surface area contributed by atoms with Crippen LogP contribution < -0.4 is 10.6 Å². The van der Waals surface area contributed by atoms with E-state index in [1.54, 1.807) is 0 Å². The molecule has 2 N–H and O–H groups in total. The van der Waals surface area contributed by atoms with Crippen molar-refractivity contribution in [3.63, 3.8) is 0 Å². The molecule has 4 heteroatoms. The predicted molar refractivity (Wildman–Crippen MR) is 69.7 cm³/mol. The minimum atomic E-state index is 0.192. The molecule has 3 nitrogen and oxygen atoms in total. The molecule has 1 aliphatic carbocycles. The molecule has 1 fully saturated rings. The lowest BCUT2D eigenvalue weighted by atomic mass is 9.76. The first kappa shape index (κ1) is 10.1. The number of halogens is 1. The molecule has 1 aliphatic heterocycles. The summed E-state index contributed by atoms with van der Waals surface area (Å²) in [6.07, 6.45) is 3.69. The summed E-state index contributed by atoms with van der Waals surface area (Å²) >= 11 is 3.45. The van der Waals surface area contributed by atoms with Crippen LogP contribution in [0.1, 0.15) is 19.3 Å². The number of guanidine groups is 1. The van der Waals surface area contributed by atoms with Gasteiger partial charge < -0.3 is 10.6 Å². The minimum Gasteiger partial charge on any atom is -0.369 e. The van der Waals surface area contributed by atoms with E-state index in [-0.39, 0.29) is 5.54 Å².